The fourth-order valence-electron chi connectivity index (χ4n) is 5.61. The Hall–Kier alpha value is -3.10. The van der Waals surface area contributed by atoms with Gasteiger partial charge in [-0.25, -0.2) is 9.59 Å². The van der Waals surface area contributed by atoms with E-state index in [2.05, 4.69) is 59.0 Å². The van der Waals surface area contributed by atoms with Crippen molar-refractivity contribution in [2.75, 3.05) is 64.0 Å². The minimum absolute atomic E-state index is 0.162. The molecule has 8 heteroatoms. The van der Waals surface area contributed by atoms with E-state index < -0.39 is 0 Å². The highest BCUT2D eigenvalue weighted by molar-refractivity contribution is 5.89. The van der Waals surface area contributed by atoms with E-state index in [0.717, 1.165) is 80.8 Å². The largest absolute Gasteiger partial charge is 0.338 e. The lowest BCUT2D eigenvalue weighted by atomic mass is 10.0. The number of urea groups is 2. The van der Waals surface area contributed by atoms with E-state index in [1.807, 2.05) is 48.5 Å². The van der Waals surface area contributed by atoms with Crippen molar-refractivity contribution in [1.29, 1.82) is 0 Å². The van der Waals surface area contributed by atoms with Gasteiger partial charge in [0.15, 0.2) is 0 Å². The normalized spacial score (nSPS) is 11.2. The zero-order chi connectivity index (χ0) is 34.0. The first-order chi connectivity index (χ1) is 22.9. The maximum absolute atomic E-state index is 12.3. The number of hydrogen-bond acceptors (Lipinski definition) is 4. The number of rotatable bonds is 26. The maximum atomic E-state index is 12.3. The Morgan fingerprint density at radius 3 is 1.19 bits per heavy atom. The van der Waals surface area contributed by atoms with Crippen LogP contribution in [0.25, 0.3) is 0 Å². The van der Waals surface area contributed by atoms with E-state index in [-0.39, 0.29) is 12.1 Å². The standard InChI is InChI=1S/C39H66N6O2/c1-5-7-9-11-15-29-44(3)31-17-13-27-40-38(46)42-36-23-19-34(20-24-36)33-35-21-25-37(26-22-35)43-39(47)41-28-14-18-32-45(4)30-16-12-10-8-6-2/h19-26H,5-18,27-33H2,1-4H3,(H2,40,42,46)(H2,41,43,47). The predicted molar refractivity (Wildman–Crippen MR) is 201 cm³/mol. The fourth-order valence-corrected chi connectivity index (χ4v) is 5.61. The van der Waals surface area contributed by atoms with E-state index in [1.165, 1.54) is 64.2 Å². The summed E-state index contributed by atoms with van der Waals surface area (Å²) in [5.41, 5.74) is 3.88. The molecule has 4 amide bonds. The van der Waals surface area contributed by atoms with Crippen molar-refractivity contribution in [3.05, 3.63) is 59.7 Å². The number of carbonyl (C=O) groups is 2. The molecule has 0 atom stereocenters. The van der Waals surface area contributed by atoms with Gasteiger partial charge in [-0.3, -0.25) is 0 Å². The van der Waals surface area contributed by atoms with Crippen LogP contribution in [-0.2, 0) is 6.42 Å². The molecule has 0 aliphatic rings. The Bertz CT molecular complexity index is 990. The Balaban J connectivity index is 1.56. The summed E-state index contributed by atoms with van der Waals surface area (Å²) in [6.45, 7) is 10.3. The van der Waals surface area contributed by atoms with Crippen molar-refractivity contribution in [3.63, 3.8) is 0 Å². The van der Waals surface area contributed by atoms with Gasteiger partial charge in [0.1, 0.15) is 0 Å². The van der Waals surface area contributed by atoms with Gasteiger partial charge in [-0.2, -0.15) is 0 Å². The van der Waals surface area contributed by atoms with E-state index in [0.29, 0.717) is 13.1 Å². The molecule has 0 bridgehead atoms. The summed E-state index contributed by atoms with van der Waals surface area (Å²) in [5, 5.41) is 11.8. The van der Waals surface area contributed by atoms with Crippen molar-refractivity contribution in [2.45, 2.75) is 110 Å². The first kappa shape index (κ1) is 40.1. The summed E-state index contributed by atoms with van der Waals surface area (Å²) < 4.78 is 0. The molecule has 0 saturated heterocycles. The molecule has 264 valence electrons. The van der Waals surface area contributed by atoms with E-state index in [4.69, 9.17) is 0 Å². The van der Waals surface area contributed by atoms with E-state index in [9.17, 15) is 9.59 Å². The third-order valence-electron chi connectivity index (χ3n) is 8.62. The average molecular weight is 651 g/mol. The van der Waals surface area contributed by atoms with Crippen LogP contribution in [0.4, 0.5) is 21.0 Å². The van der Waals surface area contributed by atoms with Gasteiger partial charge in [0, 0.05) is 24.5 Å². The molecule has 0 fully saturated rings. The van der Waals surface area contributed by atoms with Crippen molar-refractivity contribution in [3.8, 4) is 0 Å². The van der Waals surface area contributed by atoms with Gasteiger partial charge in [-0.1, -0.05) is 89.5 Å². The molecule has 0 heterocycles. The van der Waals surface area contributed by atoms with Crippen LogP contribution < -0.4 is 21.3 Å². The van der Waals surface area contributed by atoms with Crippen LogP contribution in [0, 0.1) is 0 Å². The van der Waals surface area contributed by atoms with Gasteiger partial charge in [0.25, 0.3) is 0 Å². The Morgan fingerprint density at radius 1 is 0.489 bits per heavy atom. The molecule has 0 saturated carbocycles. The number of carbonyl (C=O) groups excluding carboxylic acids is 2. The van der Waals surface area contributed by atoms with Crippen molar-refractivity contribution in [1.82, 2.24) is 20.4 Å². The second-order valence-electron chi connectivity index (χ2n) is 13.2. The number of nitrogens with zero attached hydrogens (tertiary/aromatic N) is 2. The molecule has 0 radical (unpaired) electrons. The SMILES string of the molecule is CCCCCCCN(C)CCCCNC(=O)Nc1ccc(Cc2ccc(NC(=O)NCCCCN(C)CCCCCCC)cc2)cc1. The van der Waals surface area contributed by atoms with Crippen molar-refractivity contribution < 1.29 is 9.59 Å². The topological polar surface area (TPSA) is 88.7 Å². The highest BCUT2D eigenvalue weighted by Crippen LogP contribution is 2.16. The summed E-state index contributed by atoms with van der Waals surface area (Å²) >= 11 is 0. The molecule has 2 aromatic rings. The third kappa shape index (κ3) is 20.7. The first-order valence-corrected chi connectivity index (χ1v) is 18.5. The lowest BCUT2D eigenvalue weighted by Gasteiger charge is -2.16. The van der Waals surface area contributed by atoms with Crippen LogP contribution in [0.15, 0.2) is 48.5 Å². The first-order valence-electron chi connectivity index (χ1n) is 18.5. The van der Waals surface area contributed by atoms with Crippen LogP contribution in [0.2, 0.25) is 0 Å². The Labute approximate surface area is 286 Å². The van der Waals surface area contributed by atoms with Crippen LogP contribution >= 0.6 is 0 Å². The molecular weight excluding hydrogens is 584 g/mol. The fraction of sp³-hybridized carbons (Fsp3) is 0.641. The molecule has 0 aliphatic carbocycles. The molecule has 0 aliphatic heterocycles. The Kier molecular flexibility index (Phi) is 22.1. The predicted octanol–water partition coefficient (Wildman–Crippen LogP) is 8.89. The van der Waals surface area contributed by atoms with Crippen molar-refractivity contribution in [2.24, 2.45) is 0 Å². The van der Waals surface area contributed by atoms with E-state index in [1.54, 1.807) is 0 Å². The summed E-state index contributed by atoms with van der Waals surface area (Å²) in [4.78, 5) is 29.4. The second-order valence-corrected chi connectivity index (χ2v) is 13.2. The van der Waals surface area contributed by atoms with Gasteiger partial charge in [0.05, 0.1) is 0 Å². The molecule has 8 nitrogen and oxygen atoms in total. The third-order valence-corrected chi connectivity index (χ3v) is 8.62. The highest BCUT2D eigenvalue weighted by Gasteiger charge is 2.05. The van der Waals surface area contributed by atoms with Crippen LogP contribution in [0.3, 0.4) is 0 Å². The van der Waals surface area contributed by atoms with Gasteiger partial charge in [0.2, 0.25) is 0 Å². The lowest BCUT2D eigenvalue weighted by molar-refractivity contribution is 0.250. The lowest BCUT2D eigenvalue weighted by Crippen LogP contribution is -2.30. The highest BCUT2D eigenvalue weighted by atomic mass is 16.2. The maximum Gasteiger partial charge on any atom is 0.319 e. The van der Waals surface area contributed by atoms with Crippen LogP contribution in [0.5, 0.6) is 0 Å². The quantitative estimate of drug-likeness (QED) is 0.0766. The van der Waals surface area contributed by atoms with Gasteiger partial charge < -0.3 is 31.1 Å². The average Bonchev–Trinajstić information content (AvgIpc) is 3.06. The summed E-state index contributed by atoms with van der Waals surface area (Å²) in [6.07, 6.45) is 18.1. The number of hydrogen-bond donors (Lipinski definition) is 4. The number of benzene rings is 2. The minimum Gasteiger partial charge on any atom is -0.338 e. The molecule has 0 unspecified atom stereocenters. The minimum atomic E-state index is -0.162. The number of nitrogens with one attached hydrogen (secondary N) is 4. The Morgan fingerprint density at radius 2 is 0.830 bits per heavy atom. The van der Waals surface area contributed by atoms with Crippen LogP contribution in [0.1, 0.15) is 115 Å². The van der Waals surface area contributed by atoms with Gasteiger partial charge >= 0.3 is 12.1 Å². The van der Waals surface area contributed by atoms with Crippen LogP contribution in [-0.4, -0.2) is 75.2 Å². The van der Waals surface area contributed by atoms with E-state index >= 15 is 0 Å². The summed E-state index contributed by atoms with van der Waals surface area (Å²) in [5.74, 6) is 0. The molecule has 2 rings (SSSR count). The zero-order valence-electron chi connectivity index (χ0n) is 30.2. The molecule has 0 aromatic heterocycles. The smallest absolute Gasteiger partial charge is 0.319 e. The number of anilines is 2. The summed E-state index contributed by atoms with van der Waals surface area (Å²) in [7, 11) is 4.38. The number of amides is 4. The van der Waals surface area contributed by atoms with Crippen molar-refractivity contribution >= 4 is 23.4 Å². The van der Waals surface area contributed by atoms with Gasteiger partial charge in [-0.05, 0) is 121 Å². The molecule has 4 N–H and O–H groups in total. The molecule has 2 aromatic carbocycles. The van der Waals surface area contributed by atoms with Gasteiger partial charge in [-0.15, -0.1) is 0 Å². The molecule has 47 heavy (non-hydrogen) atoms. The molecule has 0 spiro atoms. The molecular formula is C39H66N6O2. The summed E-state index contributed by atoms with van der Waals surface area (Å²) in [6, 6.07) is 15.6. The number of unbranched alkanes of at least 4 members (excludes halogenated alkanes) is 10. The zero-order valence-corrected chi connectivity index (χ0v) is 30.2. The monoisotopic (exact) mass is 651 g/mol. The second kappa shape index (κ2) is 25.9.